The topological polar surface area (TPSA) is 82.2 Å². The predicted molar refractivity (Wildman–Crippen MR) is 88.6 cm³/mol. The molecule has 25 heavy (non-hydrogen) atoms. The van der Waals surface area contributed by atoms with Crippen LogP contribution in [0.2, 0.25) is 0 Å². The number of carbonyl (C=O) groups excluding carboxylic acids is 1. The van der Waals surface area contributed by atoms with Crippen LogP contribution in [-0.4, -0.2) is 49.9 Å². The molecule has 132 valence electrons. The minimum Gasteiger partial charge on any atom is -0.381 e. The molecule has 0 bridgehead atoms. The van der Waals surface area contributed by atoms with E-state index in [1.807, 2.05) is 11.1 Å². The van der Waals surface area contributed by atoms with E-state index >= 15 is 0 Å². The maximum absolute atomic E-state index is 12.9. The largest absolute Gasteiger partial charge is 0.381 e. The summed E-state index contributed by atoms with van der Waals surface area (Å²) in [4.78, 5) is 31.1. The summed E-state index contributed by atoms with van der Waals surface area (Å²) in [5.41, 5.74) is -0.125. The summed E-state index contributed by atoms with van der Waals surface area (Å²) in [6, 6.07) is 3.14. The molecule has 2 aliphatic rings. The fourth-order valence-corrected chi connectivity index (χ4v) is 3.58. The molecular weight excluding hydrogens is 322 g/mol. The Morgan fingerprint density at radius 3 is 3.04 bits per heavy atom. The van der Waals surface area contributed by atoms with Crippen molar-refractivity contribution in [2.45, 2.75) is 26.1 Å². The monoisotopic (exact) mass is 343 g/mol. The van der Waals surface area contributed by atoms with Crippen molar-refractivity contribution < 1.29 is 9.53 Å². The van der Waals surface area contributed by atoms with Crippen LogP contribution in [0, 0.1) is 11.8 Å². The van der Waals surface area contributed by atoms with Gasteiger partial charge in [-0.3, -0.25) is 9.59 Å². The minimum atomic E-state index is -0.125. The van der Waals surface area contributed by atoms with Crippen molar-refractivity contribution in [2.75, 3.05) is 19.8 Å². The highest BCUT2D eigenvalue weighted by molar-refractivity contribution is 5.79. The molecule has 1 amide bonds. The van der Waals surface area contributed by atoms with Crippen molar-refractivity contribution in [3.8, 4) is 0 Å². The molecule has 2 atom stereocenters. The summed E-state index contributed by atoms with van der Waals surface area (Å²) in [6.07, 6.45) is 6.07. The Kier molecular flexibility index (Phi) is 4.35. The Morgan fingerprint density at radius 1 is 1.32 bits per heavy atom. The second-order valence-electron chi connectivity index (χ2n) is 6.69. The lowest BCUT2D eigenvalue weighted by Gasteiger charge is -2.26. The number of fused-ring (bicyclic) bond motifs is 1. The highest BCUT2D eigenvalue weighted by atomic mass is 16.5. The van der Waals surface area contributed by atoms with E-state index in [-0.39, 0.29) is 23.3 Å². The van der Waals surface area contributed by atoms with Gasteiger partial charge < -0.3 is 14.2 Å². The normalized spacial score (nSPS) is 23.3. The summed E-state index contributed by atoms with van der Waals surface area (Å²) in [6.45, 7) is 3.41. The van der Waals surface area contributed by atoms with E-state index in [2.05, 4.69) is 14.6 Å². The second-order valence-corrected chi connectivity index (χ2v) is 6.69. The fraction of sp³-hybridized carbons (Fsp3) is 0.529. The number of ether oxygens (including phenoxy) is 1. The van der Waals surface area contributed by atoms with Gasteiger partial charge >= 0.3 is 0 Å². The van der Waals surface area contributed by atoms with Crippen LogP contribution in [0.3, 0.4) is 0 Å². The van der Waals surface area contributed by atoms with Crippen LogP contribution in [0.4, 0.5) is 0 Å². The number of imidazole rings is 1. The molecule has 4 rings (SSSR count). The van der Waals surface area contributed by atoms with Crippen molar-refractivity contribution in [3.63, 3.8) is 0 Å². The van der Waals surface area contributed by atoms with Gasteiger partial charge in [0.25, 0.3) is 5.56 Å². The maximum atomic E-state index is 12.9. The van der Waals surface area contributed by atoms with Gasteiger partial charge in [0.2, 0.25) is 5.91 Å². The third-order valence-corrected chi connectivity index (χ3v) is 4.87. The van der Waals surface area contributed by atoms with Gasteiger partial charge in [-0.25, -0.2) is 9.67 Å². The van der Waals surface area contributed by atoms with E-state index in [4.69, 9.17) is 4.74 Å². The SMILES string of the molecule is O=C(C1CCOC1)N1Cc2nccn2CC(Cn2ncccc2=O)C1. The van der Waals surface area contributed by atoms with Crippen molar-refractivity contribution >= 4 is 5.91 Å². The van der Waals surface area contributed by atoms with Gasteiger partial charge in [0.1, 0.15) is 5.82 Å². The van der Waals surface area contributed by atoms with E-state index < -0.39 is 0 Å². The molecule has 2 aliphatic heterocycles. The molecule has 0 aromatic carbocycles. The van der Waals surface area contributed by atoms with Gasteiger partial charge in [-0.15, -0.1) is 0 Å². The molecule has 0 N–H and O–H groups in total. The van der Waals surface area contributed by atoms with E-state index in [0.29, 0.717) is 39.4 Å². The summed E-state index contributed by atoms with van der Waals surface area (Å²) >= 11 is 0. The van der Waals surface area contributed by atoms with Gasteiger partial charge in [0.05, 0.1) is 25.6 Å². The zero-order valence-corrected chi connectivity index (χ0v) is 14.0. The average molecular weight is 343 g/mol. The van der Waals surface area contributed by atoms with Gasteiger partial charge in [0.15, 0.2) is 0 Å². The number of hydrogen-bond acceptors (Lipinski definition) is 5. The van der Waals surface area contributed by atoms with Crippen molar-refractivity contribution in [2.24, 2.45) is 11.8 Å². The Balaban J connectivity index is 1.58. The number of carbonyl (C=O) groups is 1. The number of amides is 1. The van der Waals surface area contributed by atoms with Crippen LogP contribution in [0.5, 0.6) is 0 Å². The van der Waals surface area contributed by atoms with Gasteiger partial charge in [-0.1, -0.05) is 0 Å². The van der Waals surface area contributed by atoms with Crippen molar-refractivity contribution in [1.29, 1.82) is 0 Å². The minimum absolute atomic E-state index is 0.0697. The molecular formula is C17H21N5O3. The Bertz CT molecular complexity index is 808. The molecule has 0 aliphatic carbocycles. The molecule has 8 heteroatoms. The lowest BCUT2D eigenvalue weighted by Crippen LogP contribution is -2.40. The zero-order valence-electron chi connectivity index (χ0n) is 14.0. The number of hydrogen-bond donors (Lipinski definition) is 0. The lowest BCUT2D eigenvalue weighted by atomic mass is 10.1. The Hall–Kier alpha value is -2.48. The number of rotatable bonds is 3. The molecule has 0 spiro atoms. The van der Waals surface area contributed by atoms with Crippen molar-refractivity contribution in [3.05, 3.63) is 46.9 Å². The van der Waals surface area contributed by atoms with E-state index in [0.717, 1.165) is 12.2 Å². The predicted octanol–water partition coefficient (Wildman–Crippen LogP) is 0.135. The first kappa shape index (κ1) is 16.0. The first-order chi connectivity index (χ1) is 12.2. The zero-order chi connectivity index (χ0) is 17.2. The highest BCUT2D eigenvalue weighted by Crippen LogP contribution is 2.21. The third kappa shape index (κ3) is 3.34. The lowest BCUT2D eigenvalue weighted by molar-refractivity contribution is -0.136. The molecule has 1 fully saturated rings. The molecule has 2 aromatic rings. The van der Waals surface area contributed by atoms with Gasteiger partial charge in [-0.2, -0.15) is 5.10 Å². The second kappa shape index (κ2) is 6.79. The maximum Gasteiger partial charge on any atom is 0.266 e. The fourth-order valence-electron chi connectivity index (χ4n) is 3.58. The quantitative estimate of drug-likeness (QED) is 0.791. The molecule has 2 aromatic heterocycles. The van der Waals surface area contributed by atoms with E-state index in [9.17, 15) is 9.59 Å². The first-order valence-corrected chi connectivity index (χ1v) is 8.59. The molecule has 0 radical (unpaired) electrons. The Morgan fingerprint density at radius 2 is 2.24 bits per heavy atom. The van der Waals surface area contributed by atoms with Crippen LogP contribution < -0.4 is 5.56 Å². The van der Waals surface area contributed by atoms with Gasteiger partial charge in [0, 0.05) is 50.3 Å². The number of aromatic nitrogens is 4. The average Bonchev–Trinajstić information content (AvgIpc) is 3.25. The smallest absolute Gasteiger partial charge is 0.266 e. The molecule has 2 unspecified atom stereocenters. The number of nitrogens with zero attached hydrogens (tertiary/aromatic N) is 5. The molecule has 1 saturated heterocycles. The van der Waals surface area contributed by atoms with Crippen LogP contribution in [-0.2, 0) is 29.2 Å². The van der Waals surface area contributed by atoms with Crippen molar-refractivity contribution in [1.82, 2.24) is 24.2 Å². The first-order valence-electron chi connectivity index (χ1n) is 8.59. The summed E-state index contributed by atoms with van der Waals surface area (Å²) in [7, 11) is 0. The van der Waals surface area contributed by atoms with Crippen LogP contribution in [0.15, 0.2) is 35.5 Å². The van der Waals surface area contributed by atoms with Crippen LogP contribution in [0.1, 0.15) is 12.2 Å². The molecule has 0 saturated carbocycles. The summed E-state index contributed by atoms with van der Waals surface area (Å²) < 4.78 is 8.90. The standard InChI is InChI=1S/C17H21N5O3/c23-16-2-1-4-19-22(16)10-13-8-20-6-5-18-15(20)11-21(9-13)17(24)14-3-7-25-12-14/h1-2,4-6,13-14H,3,7-12H2. The van der Waals surface area contributed by atoms with E-state index in [1.165, 1.54) is 10.7 Å². The van der Waals surface area contributed by atoms with E-state index in [1.54, 1.807) is 18.5 Å². The van der Waals surface area contributed by atoms with Gasteiger partial charge in [-0.05, 0) is 12.5 Å². The Labute approximate surface area is 145 Å². The third-order valence-electron chi connectivity index (χ3n) is 4.87. The highest BCUT2D eigenvalue weighted by Gasteiger charge is 2.32. The van der Waals surface area contributed by atoms with Crippen LogP contribution >= 0.6 is 0 Å². The molecule has 8 nitrogen and oxygen atoms in total. The summed E-state index contributed by atoms with van der Waals surface area (Å²) in [5, 5.41) is 4.15. The summed E-state index contributed by atoms with van der Waals surface area (Å²) in [5.74, 6) is 1.02. The molecule has 4 heterocycles. The van der Waals surface area contributed by atoms with Crippen LogP contribution in [0.25, 0.3) is 0 Å².